The van der Waals surface area contributed by atoms with Crippen LogP contribution in [0.15, 0.2) is 28.7 Å². The van der Waals surface area contributed by atoms with E-state index < -0.39 is 7.91 Å². The number of ether oxygens (including phenoxy) is 4. The van der Waals surface area contributed by atoms with Gasteiger partial charge in [0.25, 0.3) is 0 Å². The molecule has 0 spiro atoms. The zero-order valence-corrected chi connectivity index (χ0v) is 17.8. The van der Waals surface area contributed by atoms with Crippen LogP contribution in [0.25, 0.3) is 11.0 Å². The topological polar surface area (TPSA) is 111 Å². The highest BCUT2D eigenvalue weighted by Crippen LogP contribution is 2.43. The van der Waals surface area contributed by atoms with Gasteiger partial charge in [0.15, 0.2) is 28.6 Å². The molecule has 3 aromatic rings. The van der Waals surface area contributed by atoms with Gasteiger partial charge in [-0.05, 0) is 31.2 Å². The van der Waals surface area contributed by atoms with Gasteiger partial charge in [-0.2, -0.15) is 9.13 Å². The number of fused-ring (bicyclic) bond motifs is 1. The van der Waals surface area contributed by atoms with Crippen molar-refractivity contribution in [1.82, 2.24) is 0 Å². The summed E-state index contributed by atoms with van der Waals surface area (Å²) in [5.74, 6) is 0.917. The van der Waals surface area contributed by atoms with Crippen molar-refractivity contribution < 1.29 is 41.8 Å². The highest BCUT2D eigenvalue weighted by Gasteiger charge is 2.26. The molecule has 0 aliphatic heterocycles. The van der Waals surface area contributed by atoms with Crippen molar-refractivity contribution in [2.24, 2.45) is 0 Å². The fourth-order valence-corrected chi connectivity index (χ4v) is 3.52. The number of furan rings is 1. The number of hydrogen-bond donors (Lipinski definition) is 0. The van der Waals surface area contributed by atoms with E-state index in [1.54, 1.807) is 13.0 Å². The predicted molar refractivity (Wildman–Crippen MR) is 106 cm³/mol. The molecule has 2 aromatic carbocycles. The number of ketones is 1. The van der Waals surface area contributed by atoms with E-state index >= 15 is 0 Å². The Morgan fingerprint density at radius 3 is 1.97 bits per heavy atom. The minimum Gasteiger partial charge on any atom is -0.493 e. The third-order valence-corrected chi connectivity index (χ3v) is 4.82. The second-order valence-corrected chi connectivity index (χ2v) is 6.69. The molecule has 0 N–H and O–H groups in total. The zero-order valence-electron chi connectivity index (χ0n) is 16.9. The normalized spacial score (nSPS) is 10.6. The largest absolute Gasteiger partial charge is 0.529 e. The summed E-state index contributed by atoms with van der Waals surface area (Å²) in [6.07, 6.45) is 0. The minimum absolute atomic E-state index is 0.0850. The molecule has 0 radical (unpaired) electrons. The number of aryl methyl sites for hydroxylation is 1. The predicted octanol–water partition coefficient (Wildman–Crippen LogP) is 4.47. The fourth-order valence-electron chi connectivity index (χ4n) is 3.20. The second kappa shape index (κ2) is 8.51. The molecule has 9 nitrogen and oxygen atoms in total. The van der Waals surface area contributed by atoms with E-state index in [4.69, 9.17) is 27.9 Å². The molecule has 0 aliphatic carbocycles. The van der Waals surface area contributed by atoms with E-state index in [1.165, 1.54) is 46.6 Å². The van der Waals surface area contributed by atoms with Crippen molar-refractivity contribution in [3.63, 3.8) is 0 Å². The van der Waals surface area contributed by atoms with Crippen LogP contribution < -0.4 is 23.5 Å². The Kier molecular flexibility index (Phi) is 6.03. The summed E-state index contributed by atoms with van der Waals surface area (Å²) in [6.45, 7) is 1.60. The first-order valence-electron chi connectivity index (χ1n) is 8.63. The quantitative estimate of drug-likeness (QED) is 0.374. The van der Waals surface area contributed by atoms with Crippen LogP contribution in [0.4, 0.5) is 0 Å². The number of hydrogen-bond acceptors (Lipinski definition) is 9. The van der Waals surface area contributed by atoms with Crippen LogP contribution >= 0.6 is 7.91 Å². The van der Waals surface area contributed by atoms with Gasteiger partial charge in [0, 0.05) is 10.9 Å². The van der Waals surface area contributed by atoms with Crippen LogP contribution in [0, 0.1) is 6.92 Å². The van der Waals surface area contributed by atoms with Crippen LogP contribution in [0.2, 0.25) is 0 Å². The molecule has 0 bridgehead atoms. The molecule has 0 saturated carbocycles. The third-order valence-electron chi connectivity index (χ3n) is 4.49. The Balaban J connectivity index is 2.22. The summed E-state index contributed by atoms with van der Waals surface area (Å²) < 4.78 is 53.9. The molecule has 10 heteroatoms. The second-order valence-electron chi connectivity index (χ2n) is 6.06. The standard InChI is InChI=1S/C20H19O9P/c1-10-16(12-6-7-13(24-2)20(18(12)28-10)29-30(22)23)17(21)11-8-14(25-3)19(27-5)15(9-11)26-4/h6-9H,1-5H3. The average Bonchev–Trinajstić information content (AvgIpc) is 3.08. The molecule has 3 rings (SSSR count). The number of methoxy groups -OCH3 is 4. The zero-order chi connectivity index (χ0) is 22.0. The Morgan fingerprint density at radius 2 is 1.47 bits per heavy atom. The van der Waals surface area contributed by atoms with Crippen molar-refractivity contribution in [2.75, 3.05) is 28.4 Å². The molecular weight excluding hydrogens is 415 g/mol. The molecule has 1 aromatic heterocycles. The van der Waals surface area contributed by atoms with Gasteiger partial charge in [-0.1, -0.05) is 0 Å². The number of carbonyl (C=O) groups is 1. The molecule has 0 amide bonds. The van der Waals surface area contributed by atoms with Gasteiger partial charge in [-0.25, -0.2) is 0 Å². The molecule has 1 heterocycles. The lowest BCUT2D eigenvalue weighted by molar-refractivity contribution is 0.103. The first-order valence-corrected chi connectivity index (χ1v) is 9.72. The van der Waals surface area contributed by atoms with Gasteiger partial charge in [0.1, 0.15) is 5.76 Å². The smallest absolute Gasteiger partial charge is 0.493 e. The summed E-state index contributed by atoms with van der Waals surface area (Å²) in [5, 5.41) is 0.374. The maximum absolute atomic E-state index is 13.4. The molecule has 158 valence electrons. The van der Waals surface area contributed by atoms with E-state index in [-0.39, 0.29) is 39.8 Å². The number of carbonyl (C=O) groups excluding carboxylic acids is 1. The van der Waals surface area contributed by atoms with Crippen LogP contribution in [-0.4, -0.2) is 34.2 Å². The van der Waals surface area contributed by atoms with Gasteiger partial charge in [0.05, 0.1) is 34.0 Å². The van der Waals surface area contributed by atoms with Gasteiger partial charge in [-0.3, -0.25) is 4.79 Å². The van der Waals surface area contributed by atoms with Crippen molar-refractivity contribution in [1.29, 1.82) is 0 Å². The Hall–Kier alpha value is -3.45. The van der Waals surface area contributed by atoms with Crippen LogP contribution in [0.5, 0.6) is 28.7 Å². The summed E-state index contributed by atoms with van der Waals surface area (Å²) in [6, 6.07) is 6.15. The summed E-state index contributed by atoms with van der Waals surface area (Å²) in [4.78, 5) is 13.4. The summed E-state index contributed by atoms with van der Waals surface area (Å²) in [7, 11) is 2.50. The Morgan fingerprint density at radius 1 is 0.867 bits per heavy atom. The molecular formula is C20H19O9P. The Bertz CT molecular complexity index is 1160. The molecule has 0 unspecified atom stereocenters. The summed E-state index contributed by atoms with van der Waals surface area (Å²) >= 11 is 0. The van der Waals surface area contributed by atoms with Gasteiger partial charge in [-0.15, -0.1) is 0 Å². The SMILES string of the molecule is COc1cc(C(=O)c2c(C)oc3c(OP(=O)=O)c(OC)ccc23)cc(OC)c1OC. The van der Waals surface area contributed by atoms with E-state index in [0.717, 1.165) is 0 Å². The van der Waals surface area contributed by atoms with Crippen LogP contribution in [-0.2, 0) is 9.13 Å². The molecule has 30 heavy (non-hydrogen) atoms. The fraction of sp³-hybridized carbons (Fsp3) is 0.250. The highest BCUT2D eigenvalue weighted by molar-refractivity contribution is 7.25. The van der Waals surface area contributed by atoms with Crippen LogP contribution in [0.3, 0.4) is 0 Å². The molecule has 0 fully saturated rings. The van der Waals surface area contributed by atoms with Gasteiger partial charge >= 0.3 is 7.91 Å². The molecule has 0 atom stereocenters. The third kappa shape index (κ3) is 3.59. The number of benzene rings is 2. The first kappa shape index (κ1) is 21.3. The lowest BCUT2D eigenvalue weighted by Gasteiger charge is -2.13. The minimum atomic E-state index is -3.22. The van der Waals surface area contributed by atoms with Crippen molar-refractivity contribution in [2.45, 2.75) is 6.92 Å². The molecule has 0 aliphatic rings. The first-order chi connectivity index (χ1) is 14.4. The molecule has 0 saturated heterocycles. The van der Waals surface area contributed by atoms with E-state index in [1.807, 2.05) is 0 Å². The summed E-state index contributed by atoms with van der Waals surface area (Å²) in [5.41, 5.74) is 0.596. The van der Waals surface area contributed by atoms with Gasteiger partial charge in [0.2, 0.25) is 11.5 Å². The maximum atomic E-state index is 13.4. The maximum Gasteiger partial charge on any atom is 0.529 e. The van der Waals surface area contributed by atoms with E-state index in [0.29, 0.717) is 22.6 Å². The highest BCUT2D eigenvalue weighted by atomic mass is 31.1. The van der Waals surface area contributed by atoms with Gasteiger partial charge < -0.3 is 27.9 Å². The van der Waals surface area contributed by atoms with Crippen molar-refractivity contribution in [3.05, 3.63) is 41.2 Å². The lowest BCUT2D eigenvalue weighted by Crippen LogP contribution is -2.05. The lowest BCUT2D eigenvalue weighted by atomic mass is 9.99. The van der Waals surface area contributed by atoms with E-state index in [2.05, 4.69) is 0 Å². The van der Waals surface area contributed by atoms with Crippen molar-refractivity contribution in [3.8, 4) is 28.7 Å². The van der Waals surface area contributed by atoms with E-state index in [9.17, 15) is 13.9 Å². The number of rotatable bonds is 8. The average molecular weight is 434 g/mol. The van der Waals surface area contributed by atoms with Crippen molar-refractivity contribution >= 4 is 24.7 Å². The monoisotopic (exact) mass is 434 g/mol. The van der Waals surface area contributed by atoms with Crippen LogP contribution in [0.1, 0.15) is 21.7 Å². The Labute approximate surface area is 172 Å².